The first-order valence-corrected chi connectivity index (χ1v) is 6.10. The smallest absolute Gasteiger partial charge is 0.172 e. The van der Waals surface area contributed by atoms with Crippen molar-refractivity contribution >= 4 is 52.7 Å². The highest BCUT2D eigenvalue weighted by Crippen LogP contribution is 2.37. The Hall–Kier alpha value is -1.56. The topological polar surface area (TPSA) is 94.9 Å². The summed E-state index contributed by atoms with van der Waals surface area (Å²) in [6.45, 7) is 0. The minimum atomic E-state index is -0.0551. The molecule has 19 heavy (non-hydrogen) atoms. The Morgan fingerprint density at radius 2 is 1.74 bits per heavy atom. The van der Waals surface area contributed by atoms with Gasteiger partial charge in [-0.05, 0) is 12.1 Å². The molecule has 0 unspecified atom stereocenters. The van der Waals surface area contributed by atoms with E-state index in [1.807, 2.05) is 0 Å². The van der Waals surface area contributed by atoms with Gasteiger partial charge in [0.2, 0.25) is 0 Å². The highest BCUT2D eigenvalue weighted by molar-refractivity contribution is 6.45. The van der Waals surface area contributed by atoms with Gasteiger partial charge in [0.1, 0.15) is 11.4 Å². The molecule has 1 aromatic carbocycles. The van der Waals surface area contributed by atoms with Crippen molar-refractivity contribution in [2.45, 2.75) is 0 Å². The number of nitrogens with zero attached hydrogens (tertiary/aromatic N) is 2. The van der Waals surface area contributed by atoms with Crippen LogP contribution in [0.15, 0.2) is 12.1 Å². The van der Waals surface area contributed by atoms with E-state index in [9.17, 15) is 4.79 Å². The molecule has 0 atom stereocenters. The summed E-state index contributed by atoms with van der Waals surface area (Å²) >= 11 is 17.9. The normalized spacial score (nSPS) is 10.5. The number of halogens is 3. The first-order valence-electron chi connectivity index (χ1n) is 4.97. The van der Waals surface area contributed by atoms with Gasteiger partial charge >= 0.3 is 0 Å². The lowest BCUT2D eigenvalue weighted by molar-refractivity contribution is 0.112. The fourth-order valence-electron chi connectivity index (χ4n) is 1.49. The number of hydrogen-bond acceptors (Lipinski definition) is 5. The number of hydrogen-bond donors (Lipinski definition) is 2. The summed E-state index contributed by atoms with van der Waals surface area (Å²) in [4.78, 5) is 18.7. The van der Waals surface area contributed by atoms with E-state index in [1.165, 1.54) is 12.1 Å². The van der Waals surface area contributed by atoms with E-state index in [2.05, 4.69) is 9.97 Å². The second kappa shape index (κ2) is 5.21. The molecule has 98 valence electrons. The molecule has 8 heteroatoms. The van der Waals surface area contributed by atoms with Gasteiger partial charge in [-0.1, -0.05) is 34.8 Å². The number of nitrogens with two attached hydrogens (primary N) is 2. The van der Waals surface area contributed by atoms with Crippen LogP contribution in [0.5, 0.6) is 0 Å². The van der Waals surface area contributed by atoms with Crippen LogP contribution in [0.25, 0.3) is 11.3 Å². The third kappa shape index (κ3) is 2.58. The Morgan fingerprint density at radius 3 is 2.37 bits per heavy atom. The first kappa shape index (κ1) is 13.9. The van der Waals surface area contributed by atoms with Crippen LogP contribution in [0.2, 0.25) is 15.1 Å². The zero-order valence-corrected chi connectivity index (χ0v) is 11.6. The number of anilines is 2. The van der Waals surface area contributed by atoms with Gasteiger partial charge in [-0.15, -0.1) is 0 Å². The number of rotatable bonds is 2. The molecule has 0 aliphatic carbocycles. The molecule has 0 aliphatic heterocycles. The second-order valence-corrected chi connectivity index (χ2v) is 4.82. The molecule has 0 radical (unpaired) electrons. The molecule has 0 amide bonds. The van der Waals surface area contributed by atoms with Crippen LogP contribution in [0.4, 0.5) is 11.6 Å². The van der Waals surface area contributed by atoms with E-state index < -0.39 is 0 Å². The SMILES string of the molecule is Nc1nc(N)c(-c2cc(Cl)cc(Cl)c2Cl)nc1C=O. The molecule has 0 spiro atoms. The van der Waals surface area contributed by atoms with Crippen molar-refractivity contribution in [3.05, 3.63) is 32.9 Å². The van der Waals surface area contributed by atoms with Crippen LogP contribution >= 0.6 is 34.8 Å². The molecule has 5 nitrogen and oxygen atoms in total. The van der Waals surface area contributed by atoms with Gasteiger partial charge in [-0.25, -0.2) is 9.97 Å². The van der Waals surface area contributed by atoms with Gasteiger partial charge < -0.3 is 11.5 Å². The Bertz CT molecular complexity index is 675. The number of nitrogen functional groups attached to an aromatic ring is 2. The summed E-state index contributed by atoms with van der Waals surface area (Å²) in [5, 5.41) is 0.818. The summed E-state index contributed by atoms with van der Waals surface area (Å²) in [6, 6.07) is 3.01. The molecule has 0 fully saturated rings. The average molecular weight is 318 g/mol. The Kier molecular flexibility index (Phi) is 3.80. The van der Waals surface area contributed by atoms with Gasteiger partial charge in [-0.3, -0.25) is 4.79 Å². The maximum absolute atomic E-state index is 10.8. The number of benzene rings is 1. The van der Waals surface area contributed by atoms with Gasteiger partial charge in [0, 0.05) is 10.6 Å². The third-order valence-electron chi connectivity index (χ3n) is 2.34. The van der Waals surface area contributed by atoms with Crippen molar-refractivity contribution < 1.29 is 4.79 Å². The lowest BCUT2D eigenvalue weighted by Gasteiger charge is -2.10. The molecule has 1 aromatic heterocycles. The lowest BCUT2D eigenvalue weighted by atomic mass is 10.1. The predicted molar refractivity (Wildman–Crippen MR) is 76.7 cm³/mol. The zero-order valence-electron chi connectivity index (χ0n) is 9.32. The third-order valence-corrected chi connectivity index (χ3v) is 3.36. The fourth-order valence-corrected chi connectivity index (χ4v) is 2.18. The monoisotopic (exact) mass is 316 g/mol. The molecular weight excluding hydrogens is 311 g/mol. The van der Waals surface area contributed by atoms with Gasteiger partial charge in [0.25, 0.3) is 0 Å². The molecule has 1 heterocycles. The lowest BCUT2D eigenvalue weighted by Crippen LogP contribution is -2.06. The van der Waals surface area contributed by atoms with Crippen LogP contribution in [0, 0.1) is 0 Å². The summed E-state index contributed by atoms with van der Waals surface area (Å²) in [6.07, 6.45) is 0.478. The van der Waals surface area contributed by atoms with E-state index in [0.29, 0.717) is 16.9 Å². The number of aldehydes is 1. The van der Waals surface area contributed by atoms with Crippen molar-refractivity contribution in [2.24, 2.45) is 0 Å². The van der Waals surface area contributed by atoms with Gasteiger partial charge in [-0.2, -0.15) is 0 Å². The molecule has 0 aliphatic rings. The van der Waals surface area contributed by atoms with Crippen LogP contribution in [-0.4, -0.2) is 16.3 Å². The van der Waals surface area contributed by atoms with Crippen LogP contribution < -0.4 is 11.5 Å². The average Bonchev–Trinajstić information content (AvgIpc) is 2.34. The molecule has 2 rings (SSSR count). The van der Waals surface area contributed by atoms with Crippen LogP contribution in [0.3, 0.4) is 0 Å². The van der Waals surface area contributed by atoms with Crippen molar-refractivity contribution in [3.8, 4) is 11.3 Å². The summed E-state index contributed by atoms with van der Waals surface area (Å²) < 4.78 is 0. The largest absolute Gasteiger partial charge is 0.382 e. The Labute approximate surface area is 123 Å². The molecular formula is C11H7Cl3N4O. The summed E-state index contributed by atoms with van der Waals surface area (Å²) in [7, 11) is 0. The minimum Gasteiger partial charge on any atom is -0.382 e. The second-order valence-electron chi connectivity index (χ2n) is 3.59. The Balaban J connectivity index is 2.75. The fraction of sp³-hybridized carbons (Fsp3) is 0. The van der Waals surface area contributed by atoms with Gasteiger partial charge in [0.05, 0.1) is 10.0 Å². The van der Waals surface area contributed by atoms with Gasteiger partial charge in [0.15, 0.2) is 17.9 Å². The summed E-state index contributed by atoms with van der Waals surface area (Å²) in [5.74, 6) is -0.0242. The standard InChI is InChI=1S/C11H7Cl3N4O/c12-4-1-5(8(14)6(13)2-4)9-11(16)18-10(15)7(3-19)17-9/h1-3H,(H4,15,16,18). The molecule has 0 saturated carbocycles. The van der Waals surface area contributed by atoms with E-state index in [1.54, 1.807) is 0 Å². The van der Waals surface area contributed by atoms with Crippen LogP contribution in [0.1, 0.15) is 10.5 Å². The van der Waals surface area contributed by atoms with Crippen molar-refractivity contribution in [1.82, 2.24) is 9.97 Å². The zero-order chi connectivity index (χ0) is 14.2. The quantitative estimate of drug-likeness (QED) is 0.655. The maximum Gasteiger partial charge on any atom is 0.172 e. The first-order chi connectivity index (χ1) is 8.93. The highest BCUT2D eigenvalue weighted by Gasteiger charge is 2.16. The number of carbonyl (C=O) groups excluding carboxylic acids is 1. The van der Waals surface area contributed by atoms with Crippen molar-refractivity contribution in [3.63, 3.8) is 0 Å². The highest BCUT2D eigenvalue weighted by atomic mass is 35.5. The number of aromatic nitrogens is 2. The van der Waals surface area contributed by atoms with E-state index in [4.69, 9.17) is 46.3 Å². The summed E-state index contributed by atoms with van der Waals surface area (Å²) in [5.41, 5.74) is 11.8. The van der Waals surface area contributed by atoms with E-state index in [0.717, 1.165) is 0 Å². The predicted octanol–water partition coefficient (Wildman–Crippen LogP) is 3.08. The van der Waals surface area contributed by atoms with Crippen molar-refractivity contribution in [1.29, 1.82) is 0 Å². The maximum atomic E-state index is 10.8. The molecule has 2 aromatic rings. The molecule has 0 bridgehead atoms. The minimum absolute atomic E-state index is 0.0309. The van der Waals surface area contributed by atoms with E-state index in [-0.39, 0.29) is 33.1 Å². The number of carbonyl (C=O) groups is 1. The molecule has 0 saturated heterocycles. The molecule has 4 N–H and O–H groups in total. The van der Waals surface area contributed by atoms with Crippen LogP contribution in [-0.2, 0) is 0 Å². The Morgan fingerprint density at radius 1 is 1.05 bits per heavy atom. The van der Waals surface area contributed by atoms with Crippen molar-refractivity contribution in [2.75, 3.05) is 11.5 Å². The van der Waals surface area contributed by atoms with E-state index >= 15 is 0 Å².